The maximum atomic E-state index is 11.4. The van der Waals surface area contributed by atoms with Crippen LogP contribution < -0.4 is 5.32 Å². The fourth-order valence-corrected chi connectivity index (χ4v) is 2.72. The molecule has 0 bridgehead atoms. The van der Waals surface area contributed by atoms with Crippen LogP contribution in [0.1, 0.15) is 52.7 Å². The Hall–Kier alpha value is -1.92. The van der Waals surface area contributed by atoms with Crippen LogP contribution >= 0.6 is 0 Å². The van der Waals surface area contributed by atoms with Gasteiger partial charge in [-0.25, -0.2) is 0 Å². The Kier molecular flexibility index (Phi) is 6.09. The monoisotopic (exact) mass is 357 g/mol. The molecule has 1 aromatic rings. The summed E-state index contributed by atoms with van der Waals surface area (Å²) >= 11 is 0. The molecule has 0 unspecified atom stereocenters. The van der Waals surface area contributed by atoms with E-state index in [9.17, 15) is 9.59 Å². The number of carbonyl (C=O) groups is 2. The number of nitrogens with one attached hydrogen (secondary N) is 1. The smallest absolute Gasteiger partial charge is 0.400 e. The van der Waals surface area contributed by atoms with Gasteiger partial charge in [0.2, 0.25) is 5.91 Å². The molecule has 0 saturated carbocycles. The molecule has 6 heteroatoms. The highest BCUT2D eigenvalue weighted by Gasteiger charge is 2.52. The van der Waals surface area contributed by atoms with E-state index in [1.54, 1.807) is 6.92 Å². The Morgan fingerprint density at radius 3 is 2.27 bits per heavy atom. The maximum absolute atomic E-state index is 11.4. The van der Waals surface area contributed by atoms with Gasteiger partial charge in [0.15, 0.2) is 0 Å². The Balaban J connectivity index is 2.31. The fraction of sp³-hybridized carbons (Fsp3) is 0.500. The number of ketones is 1. The molecule has 2 rings (SSSR count). The lowest BCUT2D eigenvalue weighted by atomic mass is 9.77. The van der Waals surface area contributed by atoms with Crippen LogP contribution in [0.5, 0.6) is 0 Å². The molecule has 5 nitrogen and oxygen atoms in total. The number of rotatable bonds is 6. The second-order valence-corrected chi connectivity index (χ2v) is 7.84. The third-order valence-electron chi connectivity index (χ3n) is 4.85. The van der Waals surface area contributed by atoms with Gasteiger partial charge >= 0.3 is 7.12 Å². The molecule has 1 amide bonds. The van der Waals surface area contributed by atoms with Crippen LogP contribution in [0.15, 0.2) is 29.7 Å². The third-order valence-corrected chi connectivity index (χ3v) is 4.85. The number of Topliss-reactive ketones (excluding diaryl/α,β-unsaturated/α-hetero) is 1. The van der Waals surface area contributed by atoms with E-state index in [2.05, 4.69) is 5.32 Å². The van der Waals surface area contributed by atoms with Crippen molar-refractivity contribution < 1.29 is 18.9 Å². The Morgan fingerprint density at radius 1 is 1.12 bits per heavy atom. The molecule has 1 N–H and O–H groups in total. The molecule has 0 aliphatic carbocycles. The second-order valence-electron chi connectivity index (χ2n) is 7.84. The summed E-state index contributed by atoms with van der Waals surface area (Å²) in [6.45, 7) is 11.4. The Labute approximate surface area is 156 Å². The quantitative estimate of drug-likeness (QED) is 0.795. The fourth-order valence-electron chi connectivity index (χ4n) is 2.72. The van der Waals surface area contributed by atoms with Gasteiger partial charge in [-0.15, -0.1) is 0 Å². The van der Waals surface area contributed by atoms with Crippen LogP contribution in [-0.4, -0.2) is 36.6 Å². The predicted molar refractivity (Wildman–Crippen MR) is 104 cm³/mol. The first kappa shape index (κ1) is 20.4. The summed E-state index contributed by atoms with van der Waals surface area (Å²) in [4.78, 5) is 22.8. The van der Waals surface area contributed by atoms with Crippen molar-refractivity contribution in [3.63, 3.8) is 0 Å². The van der Waals surface area contributed by atoms with E-state index in [1.807, 2.05) is 58.0 Å². The zero-order chi connectivity index (χ0) is 19.5. The highest BCUT2D eigenvalue weighted by Crippen LogP contribution is 2.38. The zero-order valence-corrected chi connectivity index (χ0v) is 16.5. The minimum Gasteiger partial charge on any atom is -0.400 e. The predicted octanol–water partition coefficient (Wildman–Crippen LogP) is 2.97. The van der Waals surface area contributed by atoms with Crippen molar-refractivity contribution >= 4 is 24.9 Å². The lowest BCUT2D eigenvalue weighted by Gasteiger charge is -2.32. The van der Waals surface area contributed by atoms with Crippen molar-refractivity contribution in [2.75, 3.05) is 6.54 Å². The molecule has 1 aliphatic heterocycles. The van der Waals surface area contributed by atoms with Gasteiger partial charge in [-0.05, 0) is 51.2 Å². The third kappa shape index (κ3) is 5.05. The van der Waals surface area contributed by atoms with Gasteiger partial charge in [-0.3, -0.25) is 9.59 Å². The number of benzene rings is 1. The summed E-state index contributed by atoms with van der Waals surface area (Å²) in [5.41, 5.74) is 1.82. The van der Waals surface area contributed by atoms with Gasteiger partial charge in [0.25, 0.3) is 0 Å². The van der Waals surface area contributed by atoms with E-state index >= 15 is 0 Å². The molecule has 0 aromatic heterocycles. The molecule has 1 saturated heterocycles. The van der Waals surface area contributed by atoms with E-state index in [-0.39, 0.29) is 11.7 Å². The first-order chi connectivity index (χ1) is 12.0. The van der Waals surface area contributed by atoms with E-state index in [1.165, 1.54) is 6.92 Å². The van der Waals surface area contributed by atoms with Crippen LogP contribution in [0.2, 0.25) is 0 Å². The van der Waals surface area contributed by atoms with Crippen molar-refractivity contribution in [2.24, 2.45) is 0 Å². The lowest BCUT2D eigenvalue weighted by Crippen LogP contribution is -2.41. The topological polar surface area (TPSA) is 64.6 Å². The average Bonchev–Trinajstić information content (AvgIpc) is 2.71. The van der Waals surface area contributed by atoms with Crippen LogP contribution in [0.4, 0.5) is 0 Å². The Bertz CT molecular complexity index is 708. The highest BCUT2D eigenvalue weighted by atomic mass is 16.7. The number of amides is 1. The van der Waals surface area contributed by atoms with Gasteiger partial charge in [0.05, 0.1) is 11.2 Å². The minimum absolute atomic E-state index is 0.113. The van der Waals surface area contributed by atoms with Gasteiger partial charge < -0.3 is 14.6 Å². The van der Waals surface area contributed by atoms with Gasteiger partial charge in [0.1, 0.15) is 5.78 Å². The molecule has 26 heavy (non-hydrogen) atoms. The van der Waals surface area contributed by atoms with Crippen LogP contribution in [0.3, 0.4) is 0 Å². The maximum Gasteiger partial charge on any atom is 0.492 e. The average molecular weight is 357 g/mol. The number of hydrogen-bond acceptors (Lipinski definition) is 4. The summed E-state index contributed by atoms with van der Waals surface area (Å²) in [5, 5.41) is 2.82. The van der Waals surface area contributed by atoms with Crippen molar-refractivity contribution in [1.29, 1.82) is 0 Å². The van der Waals surface area contributed by atoms with Gasteiger partial charge in [-0.2, -0.15) is 0 Å². The number of carbonyl (C=O) groups excluding carboxylic acids is 2. The largest absolute Gasteiger partial charge is 0.492 e. The van der Waals surface area contributed by atoms with Crippen molar-refractivity contribution in [2.45, 2.75) is 59.2 Å². The lowest BCUT2D eigenvalue weighted by molar-refractivity contribution is -0.119. The summed E-state index contributed by atoms with van der Waals surface area (Å²) in [5.74, 6) is 0.00769. The second kappa shape index (κ2) is 7.76. The van der Waals surface area contributed by atoms with Crippen LogP contribution in [0.25, 0.3) is 6.08 Å². The molecular weight excluding hydrogens is 329 g/mol. The molecule has 0 radical (unpaired) electrons. The molecule has 1 heterocycles. The van der Waals surface area contributed by atoms with E-state index in [4.69, 9.17) is 9.31 Å². The SMILES string of the molecule is CC(=O)Cc1cccc(C=C(CNC(C)=O)B2OC(C)(C)C(C)(C)O2)c1. The standard InChI is InChI=1S/C20H28BNO4/c1-14(23)10-16-8-7-9-17(11-16)12-18(13-22-15(2)24)21-25-19(3,4)20(5,6)26-21/h7-9,11-12H,10,13H2,1-6H3,(H,22,24). The van der Waals surface area contributed by atoms with Crippen molar-refractivity contribution in [1.82, 2.24) is 5.32 Å². The molecular formula is C20H28BNO4. The normalized spacial score (nSPS) is 18.7. The molecule has 140 valence electrons. The van der Waals surface area contributed by atoms with Crippen molar-refractivity contribution in [3.05, 3.63) is 40.9 Å². The molecule has 1 aliphatic rings. The summed E-state index contributed by atoms with van der Waals surface area (Å²) in [6.07, 6.45) is 2.36. The van der Waals surface area contributed by atoms with Crippen LogP contribution in [-0.2, 0) is 25.3 Å². The molecule has 1 aromatic carbocycles. The molecule has 0 atom stereocenters. The van der Waals surface area contributed by atoms with E-state index < -0.39 is 18.3 Å². The highest BCUT2D eigenvalue weighted by molar-refractivity contribution is 6.56. The summed E-state index contributed by atoms with van der Waals surface area (Å²) in [6, 6.07) is 7.79. The zero-order valence-electron chi connectivity index (χ0n) is 16.5. The Morgan fingerprint density at radius 2 is 1.73 bits per heavy atom. The van der Waals surface area contributed by atoms with Crippen molar-refractivity contribution in [3.8, 4) is 0 Å². The first-order valence-electron chi connectivity index (χ1n) is 8.89. The molecule has 1 fully saturated rings. The summed E-state index contributed by atoms with van der Waals surface area (Å²) < 4.78 is 12.3. The van der Waals surface area contributed by atoms with E-state index in [0.29, 0.717) is 13.0 Å². The van der Waals surface area contributed by atoms with E-state index in [0.717, 1.165) is 16.6 Å². The summed E-state index contributed by atoms with van der Waals surface area (Å²) in [7, 11) is -0.539. The molecule has 0 spiro atoms. The minimum atomic E-state index is -0.539. The van der Waals surface area contributed by atoms with Gasteiger partial charge in [0, 0.05) is 19.9 Å². The van der Waals surface area contributed by atoms with Gasteiger partial charge in [-0.1, -0.05) is 30.3 Å². The number of hydrogen-bond donors (Lipinski definition) is 1. The van der Waals surface area contributed by atoms with Crippen LogP contribution in [0, 0.1) is 0 Å². The first-order valence-corrected chi connectivity index (χ1v) is 8.89.